The van der Waals surface area contributed by atoms with Gasteiger partial charge in [0.1, 0.15) is 17.1 Å². The average molecular weight is 239 g/mol. The summed E-state index contributed by atoms with van der Waals surface area (Å²) >= 11 is 0. The van der Waals surface area contributed by atoms with Gasteiger partial charge in [0.05, 0.1) is 7.11 Å². The van der Waals surface area contributed by atoms with Crippen LogP contribution in [0.4, 0.5) is 0 Å². The molecular formula is C14H13N3O. The van der Waals surface area contributed by atoms with Crippen LogP contribution in [0.2, 0.25) is 0 Å². The maximum absolute atomic E-state index is 5.34. The number of aromatic nitrogens is 3. The summed E-state index contributed by atoms with van der Waals surface area (Å²) in [5.74, 6) is 1.71. The van der Waals surface area contributed by atoms with Crippen LogP contribution in [0.3, 0.4) is 0 Å². The van der Waals surface area contributed by atoms with Crippen molar-refractivity contribution in [2.45, 2.75) is 0 Å². The third-order valence-electron chi connectivity index (χ3n) is 3.01. The number of fused-ring (bicyclic) bond motifs is 1. The van der Waals surface area contributed by atoms with E-state index < -0.39 is 0 Å². The summed E-state index contributed by atoms with van der Waals surface area (Å²) < 4.78 is 7.33. The minimum atomic E-state index is 0.781. The van der Waals surface area contributed by atoms with E-state index in [4.69, 9.17) is 4.74 Å². The van der Waals surface area contributed by atoms with Crippen molar-refractivity contribution >= 4 is 10.9 Å². The summed E-state index contributed by atoms with van der Waals surface area (Å²) in [6, 6.07) is 7.91. The second-order valence-corrected chi connectivity index (χ2v) is 4.08. The highest BCUT2D eigenvalue weighted by atomic mass is 16.5. The van der Waals surface area contributed by atoms with Crippen LogP contribution in [0.25, 0.3) is 22.3 Å². The van der Waals surface area contributed by atoms with E-state index in [1.807, 2.05) is 42.1 Å². The maximum Gasteiger partial charge on any atom is 0.145 e. The van der Waals surface area contributed by atoms with Crippen molar-refractivity contribution in [3.05, 3.63) is 42.9 Å². The molecule has 0 N–H and O–H groups in total. The van der Waals surface area contributed by atoms with Gasteiger partial charge in [-0.15, -0.1) is 0 Å². The number of rotatable bonds is 2. The smallest absolute Gasteiger partial charge is 0.145 e. The van der Waals surface area contributed by atoms with Gasteiger partial charge in [0.2, 0.25) is 0 Å². The Hall–Kier alpha value is -2.36. The molecule has 0 amide bonds. The molecule has 3 aromatic rings. The minimum absolute atomic E-state index is 0.781. The van der Waals surface area contributed by atoms with Gasteiger partial charge in [-0.2, -0.15) is 0 Å². The molecule has 90 valence electrons. The number of nitrogens with zero attached hydrogens (tertiary/aromatic N) is 3. The van der Waals surface area contributed by atoms with E-state index in [1.54, 1.807) is 19.5 Å². The molecule has 2 aromatic heterocycles. The van der Waals surface area contributed by atoms with E-state index in [-0.39, 0.29) is 0 Å². The Morgan fingerprint density at radius 3 is 2.72 bits per heavy atom. The van der Waals surface area contributed by atoms with Crippen LogP contribution in [-0.2, 0) is 7.05 Å². The van der Waals surface area contributed by atoms with E-state index in [1.165, 1.54) is 0 Å². The van der Waals surface area contributed by atoms with Crippen LogP contribution in [0.5, 0.6) is 5.75 Å². The van der Waals surface area contributed by atoms with Gasteiger partial charge >= 0.3 is 0 Å². The zero-order valence-corrected chi connectivity index (χ0v) is 10.3. The number of imidazole rings is 1. The number of hydrogen-bond donors (Lipinski definition) is 0. The molecule has 0 spiro atoms. The van der Waals surface area contributed by atoms with Gasteiger partial charge in [0.15, 0.2) is 0 Å². The SMILES string of the molecule is COc1ccc(-c2nccn2C)c2cccnc12. The van der Waals surface area contributed by atoms with Crippen molar-refractivity contribution in [2.24, 2.45) is 7.05 Å². The summed E-state index contributed by atoms with van der Waals surface area (Å²) in [5.41, 5.74) is 1.92. The molecule has 0 radical (unpaired) electrons. The number of aryl methyl sites for hydroxylation is 1. The lowest BCUT2D eigenvalue weighted by Gasteiger charge is -2.09. The van der Waals surface area contributed by atoms with Gasteiger partial charge in [-0.25, -0.2) is 4.98 Å². The molecule has 0 aliphatic rings. The van der Waals surface area contributed by atoms with E-state index in [0.717, 1.165) is 28.0 Å². The Kier molecular flexibility index (Phi) is 2.48. The average Bonchev–Trinajstić information content (AvgIpc) is 2.83. The first kappa shape index (κ1) is 10.8. The topological polar surface area (TPSA) is 39.9 Å². The third-order valence-corrected chi connectivity index (χ3v) is 3.01. The molecule has 0 aliphatic carbocycles. The molecule has 0 unspecified atom stereocenters. The summed E-state index contributed by atoms with van der Waals surface area (Å²) in [5, 5.41) is 1.05. The van der Waals surface area contributed by atoms with Gasteiger partial charge in [-0.05, 0) is 18.2 Å². The molecule has 0 saturated carbocycles. The van der Waals surface area contributed by atoms with Crippen LogP contribution in [0.1, 0.15) is 0 Å². The van der Waals surface area contributed by atoms with E-state index in [9.17, 15) is 0 Å². The van der Waals surface area contributed by atoms with Crippen LogP contribution in [0, 0.1) is 0 Å². The fourth-order valence-electron chi connectivity index (χ4n) is 2.13. The number of methoxy groups -OCH3 is 1. The monoisotopic (exact) mass is 239 g/mol. The summed E-state index contributed by atoms with van der Waals surface area (Å²) in [4.78, 5) is 8.78. The highest BCUT2D eigenvalue weighted by molar-refractivity contribution is 5.96. The number of pyridine rings is 1. The van der Waals surface area contributed by atoms with Crippen molar-refractivity contribution in [3.8, 4) is 17.1 Å². The first-order valence-corrected chi connectivity index (χ1v) is 5.70. The van der Waals surface area contributed by atoms with Gasteiger partial charge < -0.3 is 9.30 Å². The number of benzene rings is 1. The standard InChI is InChI=1S/C14H13N3O/c1-17-9-8-16-14(17)11-5-6-12(18-2)13-10(11)4-3-7-15-13/h3-9H,1-2H3. The molecule has 0 aliphatic heterocycles. The zero-order chi connectivity index (χ0) is 12.5. The molecule has 0 saturated heterocycles. The van der Waals surface area contributed by atoms with Gasteiger partial charge in [0.25, 0.3) is 0 Å². The number of ether oxygens (including phenoxy) is 1. The Morgan fingerprint density at radius 1 is 1.11 bits per heavy atom. The highest BCUT2D eigenvalue weighted by Gasteiger charge is 2.11. The molecule has 0 fully saturated rings. The molecular weight excluding hydrogens is 226 g/mol. The molecule has 18 heavy (non-hydrogen) atoms. The quantitative estimate of drug-likeness (QED) is 0.690. The van der Waals surface area contributed by atoms with Crippen molar-refractivity contribution < 1.29 is 4.74 Å². The van der Waals surface area contributed by atoms with Gasteiger partial charge in [-0.1, -0.05) is 6.07 Å². The second-order valence-electron chi connectivity index (χ2n) is 4.08. The van der Waals surface area contributed by atoms with Crippen LogP contribution < -0.4 is 4.74 Å². The van der Waals surface area contributed by atoms with Crippen LogP contribution >= 0.6 is 0 Å². The lowest BCUT2D eigenvalue weighted by Crippen LogP contribution is -1.94. The van der Waals surface area contributed by atoms with E-state index in [0.29, 0.717) is 0 Å². The molecule has 4 heteroatoms. The molecule has 1 aromatic carbocycles. The van der Waals surface area contributed by atoms with Gasteiger partial charge in [-0.3, -0.25) is 4.98 Å². The molecule has 0 bridgehead atoms. The van der Waals surface area contributed by atoms with E-state index in [2.05, 4.69) is 9.97 Å². The predicted octanol–water partition coefficient (Wildman–Crippen LogP) is 2.64. The third kappa shape index (κ3) is 1.54. The van der Waals surface area contributed by atoms with Crippen molar-refractivity contribution in [1.29, 1.82) is 0 Å². The minimum Gasteiger partial charge on any atom is -0.494 e. The van der Waals surface area contributed by atoms with Crippen molar-refractivity contribution in [2.75, 3.05) is 7.11 Å². The fourth-order valence-corrected chi connectivity index (χ4v) is 2.13. The molecule has 3 rings (SSSR count). The first-order chi connectivity index (χ1) is 8.81. The fraction of sp³-hybridized carbons (Fsp3) is 0.143. The summed E-state index contributed by atoms with van der Waals surface area (Å²) in [7, 11) is 3.64. The Balaban J connectivity index is 2.35. The molecule has 0 atom stereocenters. The lowest BCUT2D eigenvalue weighted by molar-refractivity contribution is 0.419. The number of hydrogen-bond acceptors (Lipinski definition) is 3. The second kappa shape index (κ2) is 4.14. The Morgan fingerprint density at radius 2 is 2.00 bits per heavy atom. The molecule has 4 nitrogen and oxygen atoms in total. The summed E-state index contributed by atoms with van der Waals surface area (Å²) in [6.45, 7) is 0. The Bertz CT molecular complexity index is 703. The Labute approximate surface area is 105 Å². The first-order valence-electron chi connectivity index (χ1n) is 5.70. The van der Waals surface area contributed by atoms with Crippen molar-refractivity contribution in [1.82, 2.24) is 14.5 Å². The lowest BCUT2D eigenvalue weighted by atomic mass is 10.1. The van der Waals surface area contributed by atoms with Crippen LogP contribution in [-0.4, -0.2) is 21.6 Å². The maximum atomic E-state index is 5.34. The summed E-state index contributed by atoms with van der Waals surface area (Å²) in [6.07, 6.45) is 5.50. The predicted molar refractivity (Wildman–Crippen MR) is 70.5 cm³/mol. The van der Waals surface area contributed by atoms with Crippen LogP contribution in [0.15, 0.2) is 42.9 Å². The van der Waals surface area contributed by atoms with E-state index >= 15 is 0 Å². The highest BCUT2D eigenvalue weighted by Crippen LogP contribution is 2.31. The zero-order valence-electron chi connectivity index (χ0n) is 10.3. The largest absolute Gasteiger partial charge is 0.494 e. The van der Waals surface area contributed by atoms with Gasteiger partial charge in [0, 0.05) is 36.6 Å². The van der Waals surface area contributed by atoms with Crippen molar-refractivity contribution in [3.63, 3.8) is 0 Å². The molecule has 2 heterocycles. The normalized spacial score (nSPS) is 10.8.